The van der Waals surface area contributed by atoms with Gasteiger partial charge in [-0.2, -0.15) is 0 Å². The highest BCUT2D eigenvalue weighted by Gasteiger charge is 2.39. The van der Waals surface area contributed by atoms with Gasteiger partial charge in [0.1, 0.15) is 0 Å². The van der Waals surface area contributed by atoms with Crippen LogP contribution in [0.4, 0.5) is 0 Å². The van der Waals surface area contributed by atoms with E-state index in [0.29, 0.717) is 11.3 Å². The van der Waals surface area contributed by atoms with Crippen molar-refractivity contribution in [1.29, 1.82) is 0 Å². The Morgan fingerprint density at radius 3 is 2.45 bits per heavy atom. The Hall–Kier alpha value is -1.26. The van der Waals surface area contributed by atoms with Crippen molar-refractivity contribution in [3.63, 3.8) is 0 Å². The molecule has 0 spiro atoms. The Kier molecular flexibility index (Phi) is 4.55. The van der Waals surface area contributed by atoms with Crippen LogP contribution >= 0.6 is 0 Å². The van der Waals surface area contributed by atoms with Crippen LogP contribution in [0.2, 0.25) is 0 Å². The summed E-state index contributed by atoms with van der Waals surface area (Å²) >= 11 is 0. The first-order valence-corrected chi connectivity index (χ1v) is 7.21. The predicted molar refractivity (Wildman–Crippen MR) is 80.7 cm³/mol. The maximum atomic E-state index is 5.85. The van der Waals surface area contributed by atoms with Gasteiger partial charge in [0.15, 0.2) is 11.5 Å². The molecule has 112 valence electrons. The third kappa shape index (κ3) is 2.76. The molecule has 0 aliphatic heterocycles. The number of methoxy groups -OCH3 is 2. The molecule has 0 bridgehead atoms. The van der Waals surface area contributed by atoms with Crippen LogP contribution in [-0.2, 0) is 0 Å². The van der Waals surface area contributed by atoms with Gasteiger partial charge < -0.3 is 9.47 Å². The lowest BCUT2D eigenvalue weighted by Gasteiger charge is -2.34. The lowest BCUT2D eigenvalue weighted by Crippen LogP contribution is -2.37. The summed E-state index contributed by atoms with van der Waals surface area (Å²) in [5, 5.41) is 0. The molecule has 1 aliphatic rings. The fourth-order valence-electron chi connectivity index (χ4n) is 3.46. The van der Waals surface area contributed by atoms with Crippen LogP contribution in [-0.4, -0.2) is 14.2 Å². The Morgan fingerprint density at radius 1 is 1.25 bits per heavy atom. The van der Waals surface area contributed by atoms with Crippen molar-refractivity contribution < 1.29 is 9.47 Å². The molecule has 0 amide bonds. The van der Waals surface area contributed by atoms with Gasteiger partial charge >= 0.3 is 0 Å². The van der Waals surface area contributed by atoms with E-state index in [2.05, 4.69) is 25.3 Å². The van der Waals surface area contributed by atoms with E-state index in [1.54, 1.807) is 14.2 Å². The van der Waals surface area contributed by atoms with E-state index in [-0.39, 0.29) is 6.04 Å². The fraction of sp³-hybridized carbons (Fsp3) is 0.625. The van der Waals surface area contributed by atoms with Crippen molar-refractivity contribution in [2.75, 3.05) is 14.2 Å². The summed E-state index contributed by atoms with van der Waals surface area (Å²) in [4.78, 5) is 0. The number of hydrogen-bond acceptors (Lipinski definition) is 4. The van der Waals surface area contributed by atoms with Gasteiger partial charge in [-0.15, -0.1) is 0 Å². The molecule has 0 radical (unpaired) electrons. The summed E-state index contributed by atoms with van der Waals surface area (Å²) in [5.74, 6) is 7.88. The fourth-order valence-corrected chi connectivity index (χ4v) is 3.46. The Balaban J connectivity index is 2.32. The molecule has 2 rings (SSSR count). The smallest absolute Gasteiger partial charge is 0.161 e. The lowest BCUT2D eigenvalue weighted by atomic mass is 9.75. The van der Waals surface area contributed by atoms with Crippen molar-refractivity contribution in [1.82, 2.24) is 5.43 Å². The number of hydrazine groups is 1. The van der Waals surface area contributed by atoms with E-state index in [1.165, 1.54) is 19.3 Å². The summed E-state index contributed by atoms with van der Waals surface area (Å²) in [6.45, 7) is 4.66. The van der Waals surface area contributed by atoms with Crippen molar-refractivity contribution in [2.45, 2.75) is 39.2 Å². The van der Waals surface area contributed by atoms with E-state index in [1.807, 2.05) is 12.1 Å². The van der Waals surface area contributed by atoms with Crippen LogP contribution in [0.25, 0.3) is 0 Å². The molecule has 1 aliphatic carbocycles. The van der Waals surface area contributed by atoms with Gasteiger partial charge in [-0.1, -0.05) is 26.3 Å². The van der Waals surface area contributed by atoms with Gasteiger partial charge in [-0.25, -0.2) is 0 Å². The molecule has 3 N–H and O–H groups in total. The van der Waals surface area contributed by atoms with Crippen molar-refractivity contribution in [2.24, 2.45) is 17.2 Å². The highest BCUT2D eigenvalue weighted by atomic mass is 16.5. The highest BCUT2D eigenvalue weighted by Crippen LogP contribution is 2.49. The normalized spacial score (nSPS) is 22.6. The average molecular weight is 278 g/mol. The summed E-state index contributed by atoms with van der Waals surface area (Å²) < 4.78 is 10.7. The quantitative estimate of drug-likeness (QED) is 0.642. The van der Waals surface area contributed by atoms with Crippen molar-refractivity contribution in [3.8, 4) is 11.5 Å². The monoisotopic (exact) mass is 278 g/mol. The molecule has 1 saturated carbocycles. The zero-order chi connectivity index (χ0) is 14.8. The number of benzene rings is 1. The molecule has 4 heteroatoms. The van der Waals surface area contributed by atoms with Gasteiger partial charge in [0.05, 0.1) is 14.2 Å². The van der Waals surface area contributed by atoms with E-state index < -0.39 is 0 Å². The molecule has 1 fully saturated rings. The maximum absolute atomic E-state index is 5.85. The van der Waals surface area contributed by atoms with Gasteiger partial charge in [-0.05, 0) is 41.9 Å². The zero-order valence-electron chi connectivity index (χ0n) is 12.9. The average Bonchev–Trinajstić information content (AvgIpc) is 2.79. The molecule has 0 saturated heterocycles. The van der Waals surface area contributed by atoms with Gasteiger partial charge in [0, 0.05) is 6.04 Å². The predicted octanol–water partition coefficient (Wildman–Crippen LogP) is 3.03. The zero-order valence-corrected chi connectivity index (χ0v) is 12.9. The lowest BCUT2D eigenvalue weighted by molar-refractivity contribution is 0.198. The molecular weight excluding hydrogens is 252 g/mol. The molecule has 2 atom stereocenters. The third-order valence-electron chi connectivity index (χ3n) is 4.69. The van der Waals surface area contributed by atoms with Crippen LogP contribution < -0.4 is 20.7 Å². The van der Waals surface area contributed by atoms with Crippen molar-refractivity contribution in [3.05, 3.63) is 23.8 Å². The minimum absolute atomic E-state index is 0.146. The van der Waals surface area contributed by atoms with Crippen molar-refractivity contribution >= 4 is 0 Å². The van der Waals surface area contributed by atoms with Gasteiger partial charge in [0.2, 0.25) is 0 Å². The van der Waals surface area contributed by atoms with Gasteiger partial charge in [-0.3, -0.25) is 11.3 Å². The molecule has 2 unspecified atom stereocenters. The first kappa shape index (κ1) is 15.1. The Bertz CT molecular complexity index is 460. The highest BCUT2D eigenvalue weighted by molar-refractivity contribution is 5.44. The van der Waals surface area contributed by atoms with Crippen LogP contribution in [0.3, 0.4) is 0 Å². The van der Waals surface area contributed by atoms with Crippen LogP contribution in [0.15, 0.2) is 18.2 Å². The van der Waals surface area contributed by atoms with E-state index in [0.717, 1.165) is 17.1 Å². The second-order valence-corrected chi connectivity index (χ2v) is 6.25. The molecule has 20 heavy (non-hydrogen) atoms. The molecule has 0 heterocycles. The molecule has 1 aromatic rings. The second-order valence-electron chi connectivity index (χ2n) is 6.25. The number of nitrogens with one attached hydrogen (secondary N) is 1. The number of rotatable bonds is 5. The molecular formula is C16H26N2O2. The minimum atomic E-state index is 0.146. The van der Waals surface area contributed by atoms with E-state index in [4.69, 9.17) is 15.3 Å². The first-order valence-electron chi connectivity index (χ1n) is 7.21. The summed E-state index contributed by atoms with van der Waals surface area (Å²) in [7, 11) is 3.31. The summed E-state index contributed by atoms with van der Waals surface area (Å²) in [5.41, 5.74) is 4.48. The first-order chi connectivity index (χ1) is 9.53. The number of nitrogens with two attached hydrogens (primary N) is 1. The summed E-state index contributed by atoms with van der Waals surface area (Å²) in [6, 6.07) is 6.19. The van der Waals surface area contributed by atoms with Crippen LogP contribution in [0.5, 0.6) is 11.5 Å². The van der Waals surface area contributed by atoms with Crippen LogP contribution in [0, 0.1) is 11.3 Å². The second kappa shape index (κ2) is 6.02. The SMILES string of the molecule is COc1ccc(C(NN)C2CCCC2(C)C)cc1OC. The molecule has 4 nitrogen and oxygen atoms in total. The van der Waals surface area contributed by atoms with E-state index >= 15 is 0 Å². The number of hydrogen-bond donors (Lipinski definition) is 2. The maximum Gasteiger partial charge on any atom is 0.161 e. The minimum Gasteiger partial charge on any atom is -0.493 e. The largest absolute Gasteiger partial charge is 0.493 e. The Labute approximate surface area is 121 Å². The third-order valence-corrected chi connectivity index (χ3v) is 4.69. The standard InChI is InChI=1S/C16H26N2O2/c1-16(2)9-5-6-12(16)15(18-17)11-7-8-13(19-3)14(10-11)20-4/h7-8,10,12,15,18H,5-6,9,17H2,1-4H3. The Morgan fingerprint density at radius 2 is 1.95 bits per heavy atom. The topological polar surface area (TPSA) is 56.5 Å². The number of ether oxygens (including phenoxy) is 2. The van der Waals surface area contributed by atoms with Gasteiger partial charge in [0.25, 0.3) is 0 Å². The summed E-state index contributed by atoms with van der Waals surface area (Å²) in [6.07, 6.45) is 3.72. The molecule has 0 aromatic heterocycles. The van der Waals surface area contributed by atoms with Crippen LogP contribution in [0.1, 0.15) is 44.7 Å². The molecule has 1 aromatic carbocycles. The van der Waals surface area contributed by atoms with E-state index in [9.17, 15) is 0 Å².